The maximum atomic E-state index is 11.9. The molecule has 2 rings (SSSR count). The molecule has 0 saturated carbocycles. The smallest absolute Gasteiger partial charge is 0.270 e. The van der Waals surface area contributed by atoms with Gasteiger partial charge in [-0.05, 0) is 6.54 Å². The highest BCUT2D eigenvalue weighted by Gasteiger charge is 2.16. The van der Waals surface area contributed by atoms with Crippen molar-refractivity contribution >= 4 is 53.2 Å². The van der Waals surface area contributed by atoms with Crippen LogP contribution in [0.15, 0.2) is 5.38 Å². The Kier molecular flexibility index (Phi) is 8.17. The van der Waals surface area contributed by atoms with Crippen molar-refractivity contribution in [3.8, 4) is 0 Å². The van der Waals surface area contributed by atoms with E-state index in [0.717, 1.165) is 23.7 Å². The summed E-state index contributed by atoms with van der Waals surface area (Å²) in [5, 5.41) is 6.24. The van der Waals surface area contributed by atoms with Crippen LogP contribution in [0.1, 0.15) is 15.5 Å². The van der Waals surface area contributed by atoms with Gasteiger partial charge in [0, 0.05) is 40.9 Å². The minimum Gasteiger partial charge on any atom is -0.350 e. The molecule has 19 heavy (non-hydrogen) atoms. The summed E-state index contributed by atoms with van der Waals surface area (Å²) in [4.78, 5) is 16.2. The highest BCUT2D eigenvalue weighted by molar-refractivity contribution is 8.06. The van der Waals surface area contributed by atoms with E-state index in [-0.39, 0.29) is 18.3 Å². The summed E-state index contributed by atoms with van der Waals surface area (Å²) in [5.74, 6) is 3.47. The predicted octanol–water partition coefficient (Wildman–Crippen LogP) is 1.64. The largest absolute Gasteiger partial charge is 0.350 e. The molecule has 1 unspecified atom stereocenters. The fourth-order valence-corrected chi connectivity index (χ4v) is 5.01. The third-order valence-electron chi connectivity index (χ3n) is 2.52. The molecule has 8 heteroatoms. The molecule has 4 nitrogen and oxygen atoms in total. The fraction of sp³-hybridized carbons (Fsp3) is 0.636. The third-order valence-corrected chi connectivity index (χ3v) is 6.27. The van der Waals surface area contributed by atoms with Gasteiger partial charge in [0.2, 0.25) is 0 Å². The van der Waals surface area contributed by atoms with Gasteiger partial charge in [0.25, 0.3) is 5.91 Å². The Morgan fingerprint density at radius 2 is 2.37 bits per heavy atom. The van der Waals surface area contributed by atoms with E-state index in [0.29, 0.717) is 17.5 Å². The number of carbonyl (C=O) groups is 1. The second-order valence-electron chi connectivity index (χ2n) is 3.94. The average Bonchev–Trinajstić information content (AvgIpc) is 2.86. The normalized spacial score (nSPS) is 18.7. The molecule has 108 valence electrons. The number of nitrogens with one attached hydrogen (secondary N) is 1. The number of aromatic nitrogens is 1. The van der Waals surface area contributed by atoms with E-state index >= 15 is 0 Å². The van der Waals surface area contributed by atoms with Gasteiger partial charge in [-0.15, -0.1) is 23.7 Å². The molecular weight excluding hydrogens is 322 g/mol. The van der Waals surface area contributed by atoms with Gasteiger partial charge >= 0.3 is 0 Å². The molecular formula is C11H18ClN3OS3. The minimum atomic E-state index is -0.0642. The number of thiazole rings is 1. The molecule has 1 amide bonds. The Labute approximate surface area is 132 Å². The lowest BCUT2D eigenvalue weighted by Crippen LogP contribution is -2.33. The summed E-state index contributed by atoms with van der Waals surface area (Å²) in [6.07, 6.45) is 0.743. The zero-order valence-corrected chi connectivity index (χ0v) is 13.7. The topological polar surface area (TPSA) is 68.0 Å². The number of hydrogen-bond donors (Lipinski definition) is 2. The van der Waals surface area contributed by atoms with Crippen molar-refractivity contribution < 1.29 is 4.79 Å². The lowest BCUT2D eigenvalue weighted by molar-refractivity contribution is 0.0950. The Hall–Kier alpha value is 0.0500. The molecule has 0 bridgehead atoms. The second-order valence-corrected chi connectivity index (χ2v) is 7.44. The van der Waals surface area contributed by atoms with Crippen LogP contribution in [0.2, 0.25) is 0 Å². The van der Waals surface area contributed by atoms with Crippen molar-refractivity contribution in [2.45, 2.75) is 11.7 Å². The van der Waals surface area contributed by atoms with Gasteiger partial charge in [0.1, 0.15) is 5.69 Å². The van der Waals surface area contributed by atoms with Gasteiger partial charge in [0.15, 0.2) is 0 Å². The minimum absolute atomic E-state index is 0. The van der Waals surface area contributed by atoms with Crippen LogP contribution in [0.4, 0.5) is 0 Å². The number of halogens is 1. The number of carbonyl (C=O) groups excluding carboxylic acids is 1. The van der Waals surface area contributed by atoms with Gasteiger partial charge in [0.05, 0.1) is 5.01 Å². The maximum absolute atomic E-state index is 11.9. The van der Waals surface area contributed by atoms with Crippen molar-refractivity contribution in [2.75, 3.05) is 30.3 Å². The standard InChI is InChI=1S/C11H17N3OS3.ClH/c12-2-1-10-14-9(7-18-10)11(15)13-5-8-6-16-3-4-17-8;/h7-8H,1-6,12H2,(H,13,15);1H. The molecule has 0 aliphatic carbocycles. The Balaban J connectivity index is 0.00000180. The average molecular weight is 340 g/mol. The first-order chi connectivity index (χ1) is 8.79. The Morgan fingerprint density at radius 3 is 3.05 bits per heavy atom. The van der Waals surface area contributed by atoms with E-state index < -0.39 is 0 Å². The summed E-state index contributed by atoms with van der Waals surface area (Å²) in [7, 11) is 0. The molecule has 2 heterocycles. The molecule has 1 atom stereocenters. The summed E-state index contributed by atoms with van der Waals surface area (Å²) >= 11 is 5.41. The van der Waals surface area contributed by atoms with Crippen LogP contribution >= 0.6 is 47.3 Å². The number of rotatable bonds is 5. The van der Waals surface area contributed by atoms with Gasteiger partial charge in [-0.3, -0.25) is 4.79 Å². The van der Waals surface area contributed by atoms with Crippen LogP contribution in [0, 0.1) is 0 Å². The zero-order valence-electron chi connectivity index (χ0n) is 10.5. The summed E-state index contributed by atoms with van der Waals surface area (Å²) in [5.41, 5.74) is 5.99. The van der Waals surface area contributed by atoms with Crippen molar-refractivity contribution in [2.24, 2.45) is 5.73 Å². The van der Waals surface area contributed by atoms with Crippen molar-refractivity contribution in [3.05, 3.63) is 16.1 Å². The second kappa shape index (κ2) is 9.07. The predicted molar refractivity (Wildman–Crippen MR) is 88.0 cm³/mol. The van der Waals surface area contributed by atoms with Crippen LogP contribution in [0.5, 0.6) is 0 Å². The first-order valence-electron chi connectivity index (χ1n) is 5.91. The van der Waals surface area contributed by atoms with Gasteiger partial charge in [-0.25, -0.2) is 4.98 Å². The monoisotopic (exact) mass is 339 g/mol. The summed E-state index contributed by atoms with van der Waals surface area (Å²) in [6, 6.07) is 0. The van der Waals surface area contributed by atoms with Crippen molar-refractivity contribution in [1.29, 1.82) is 0 Å². The first-order valence-corrected chi connectivity index (χ1v) is 9.00. The third kappa shape index (κ3) is 5.51. The Morgan fingerprint density at radius 1 is 1.53 bits per heavy atom. The van der Waals surface area contributed by atoms with Crippen LogP contribution in [0.3, 0.4) is 0 Å². The van der Waals surface area contributed by atoms with Gasteiger partial charge in [-0.2, -0.15) is 23.5 Å². The molecule has 1 saturated heterocycles. The molecule has 1 aliphatic heterocycles. The van der Waals surface area contributed by atoms with Crippen LogP contribution in [-0.4, -0.2) is 46.5 Å². The highest BCUT2D eigenvalue weighted by atomic mass is 35.5. The number of nitrogens with zero attached hydrogens (tertiary/aromatic N) is 1. The summed E-state index contributed by atoms with van der Waals surface area (Å²) in [6.45, 7) is 1.31. The lowest BCUT2D eigenvalue weighted by Gasteiger charge is -2.20. The summed E-state index contributed by atoms with van der Waals surface area (Å²) < 4.78 is 0. The lowest BCUT2D eigenvalue weighted by atomic mass is 10.4. The molecule has 1 aromatic rings. The molecule has 0 radical (unpaired) electrons. The van der Waals surface area contributed by atoms with Crippen molar-refractivity contribution in [3.63, 3.8) is 0 Å². The molecule has 1 aromatic heterocycles. The fourth-order valence-electron chi connectivity index (χ4n) is 1.61. The number of hydrogen-bond acceptors (Lipinski definition) is 6. The van der Waals surface area contributed by atoms with E-state index in [1.54, 1.807) is 0 Å². The molecule has 3 N–H and O–H groups in total. The first kappa shape index (κ1) is 17.1. The van der Waals surface area contributed by atoms with Crippen LogP contribution in [0.25, 0.3) is 0 Å². The van der Waals surface area contributed by atoms with Gasteiger partial charge < -0.3 is 11.1 Å². The molecule has 0 spiro atoms. The van der Waals surface area contributed by atoms with E-state index in [1.165, 1.54) is 22.8 Å². The molecule has 1 fully saturated rings. The Bertz CT molecular complexity index is 396. The zero-order chi connectivity index (χ0) is 12.8. The highest BCUT2D eigenvalue weighted by Crippen LogP contribution is 2.23. The van der Waals surface area contributed by atoms with E-state index in [1.807, 2.05) is 28.9 Å². The maximum Gasteiger partial charge on any atom is 0.270 e. The molecule has 0 aromatic carbocycles. The number of thioether (sulfide) groups is 2. The number of amides is 1. The van der Waals surface area contributed by atoms with Crippen LogP contribution in [-0.2, 0) is 6.42 Å². The number of nitrogens with two attached hydrogens (primary N) is 1. The van der Waals surface area contributed by atoms with Gasteiger partial charge in [-0.1, -0.05) is 0 Å². The van der Waals surface area contributed by atoms with Crippen LogP contribution < -0.4 is 11.1 Å². The van der Waals surface area contributed by atoms with E-state index in [9.17, 15) is 4.79 Å². The van der Waals surface area contributed by atoms with Crippen molar-refractivity contribution in [1.82, 2.24) is 10.3 Å². The molecule has 1 aliphatic rings. The van der Waals surface area contributed by atoms with E-state index in [4.69, 9.17) is 5.73 Å². The SMILES string of the molecule is Cl.NCCc1nc(C(=O)NCC2CSCCS2)cs1. The van der Waals surface area contributed by atoms with E-state index in [2.05, 4.69) is 10.3 Å². The quantitative estimate of drug-likeness (QED) is 0.853.